The third-order valence-corrected chi connectivity index (χ3v) is 2.96. The molecule has 1 N–H and O–H groups in total. The fourth-order valence-corrected chi connectivity index (χ4v) is 2.28. The van der Waals surface area contributed by atoms with Crippen LogP contribution in [-0.4, -0.2) is 31.5 Å². The minimum absolute atomic E-state index is 0.151. The maximum absolute atomic E-state index is 12.9. The van der Waals surface area contributed by atoms with Gasteiger partial charge in [-0.15, -0.1) is 0 Å². The second-order valence-corrected chi connectivity index (χ2v) is 5.72. The third-order valence-electron chi connectivity index (χ3n) is 2.02. The Morgan fingerprint density at radius 1 is 1.50 bits per heavy atom. The highest BCUT2D eigenvalue weighted by atomic mass is 32.2. The molecule has 4 nitrogen and oxygen atoms in total. The fourth-order valence-electron chi connectivity index (χ4n) is 1.34. The van der Waals surface area contributed by atoms with Gasteiger partial charge in [-0.1, -0.05) is 12.1 Å². The molecule has 0 radical (unpaired) electrons. The molecule has 0 saturated carbocycles. The van der Waals surface area contributed by atoms with E-state index in [-0.39, 0.29) is 5.56 Å². The van der Waals surface area contributed by atoms with Crippen molar-refractivity contribution in [2.24, 2.45) is 0 Å². The van der Waals surface area contributed by atoms with Crippen LogP contribution in [0.2, 0.25) is 0 Å². The second kappa shape index (κ2) is 4.61. The predicted molar refractivity (Wildman–Crippen MR) is 56.5 cm³/mol. The minimum atomic E-state index is -3.43. The highest BCUT2D eigenvalue weighted by molar-refractivity contribution is 7.90. The van der Waals surface area contributed by atoms with E-state index in [9.17, 15) is 17.6 Å². The topological polar surface area (TPSA) is 71.4 Å². The molecule has 0 heterocycles. The van der Waals surface area contributed by atoms with Crippen LogP contribution in [0.15, 0.2) is 24.3 Å². The Kier molecular flexibility index (Phi) is 3.64. The zero-order valence-electron chi connectivity index (χ0n) is 8.55. The first-order valence-corrected chi connectivity index (χ1v) is 6.51. The van der Waals surface area contributed by atoms with Gasteiger partial charge in [-0.2, -0.15) is 0 Å². The Labute approximate surface area is 92.6 Å². The minimum Gasteiger partial charge on any atom is -0.481 e. The van der Waals surface area contributed by atoms with Crippen molar-refractivity contribution < 1.29 is 22.7 Å². The molecule has 0 aromatic heterocycles. The van der Waals surface area contributed by atoms with Crippen LogP contribution >= 0.6 is 0 Å². The summed E-state index contributed by atoms with van der Waals surface area (Å²) < 4.78 is 35.0. The lowest BCUT2D eigenvalue weighted by atomic mass is 10.0. The van der Waals surface area contributed by atoms with Crippen molar-refractivity contribution in [2.45, 2.75) is 5.92 Å². The van der Waals surface area contributed by atoms with Crippen molar-refractivity contribution in [3.05, 3.63) is 35.6 Å². The van der Waals surface area contributed by atoms with Crippen molar-refractivity contribution in [2.75, 3.05) is 12.0 Å². The lowest BCUT2D eigenvalue weighted by Gasteiger charge is -2.11. The molecule has 16 heavy (non-hydrogen) atoms. The number of sulfone groups is 1. The first kappa shape index (κ1) is 12.6. The highest BCUT2D eigenvalue weighted by Crippen LogP contribution is 2.19. The molecule has 0 saturated heterocycles. The molecule has 1 aromatic carbocycles. The van der Waals surface area contributed by atoms with Crippen molar-refractivity contribution in [1.82, 2.24) is 0 Å². The maximum Gasteiger partial charge on any atom is 0.312 e. The molecule has 6 heteroatoms. The summed E-state index contributed by atoms with van der Waals surface area (Å²) in [5.74, 6) is -3.63. The summed E-state index contributed by atoms with van der Waals surface area (Å²) >= 11 is 0. The van der Waals surface area contributed by atoms with Gasteiger partial charge in [0.05, 0.1) is 11.7 Å². The van der Waals surface area contributed by atoms with E-state index in [1.54, 1.807) is 0 Å². The molecule has 0 spiro atoms. The summed E-state index contributed by atoms with van der Waals surface area (Å²) in [6.07, 6.45) is 0.947. The molecule has 0 aliphatic rings. The lowest BCUT2D eigenvalue weighted by Crippen LogP contribution is -2.21. The molecule has 0 bridgehead atoms. The molecule has 88 valence electrons. The number of carboxylic acids is 1. The first-order chi connectivity index (χ1) is 7.29. The van der Waals surface area contributed by atoms with E-state index in [0.717, 1.165) is 12.3 Å². The number of carboxylic acid groups (broad SMARTS) is 1. The summed E-state index contributed by atoms with van der Waals surface area (Å²) in [6, 6.07) is 4.95. The summed E-state index contributed by atoms with van der Waals surface area (Å²) in [4.78, 5) is 10.9. The zero-order valence-corrected chi connectivity index (χ0v) is 9.37. The molecule has 0 aliphatic carbocycles. The van der Waals surface area contributed by atoms with E-state index in [0.29, 0.717) is 0 Å². The number of benzene rings is 1. The number of halogens is 1. The molecule has 1 unspecified atom stereocenters. The van der Waals surface area contributed by atoms with Crippen LogP contribution < -0.4 is 0 Å². The van der Waals surface area contributed by atoms with E-state index >= 15 is 0 Å². The summed E-state index contributed by atoms with van der Waals surface area (Å²) in [5, 5.41) is 8.89. The van der Waals surface area contributed by atoms with E-state index < -0.39 is 33.3 Å². The zero-order chi connectivity index (χ0) is 12.3. The van der Waals surface area contributed by atoms with Crippen LogP contribution in [-0.2, 0) is 14.6 Å². The quantitative estimate of drug-likeness (QED) is 0.861. The average Bonchev–Trinajstić information content (AvgIpc) is 2.12. The monoisotopic (exact) mass is 246 g/mol. The first-order valence-electron chi connectivity index (χ1n) is 4.45. The Balaban J connectivity index is 3.08. The smallest absolute Gasteiger partial charge is 0.312 e. The molecule has 1 aromatic rings. The fraction of sp³-hybridized carbons (Fsp3) is 0.300. The Morgan fingerprint density at radius 2 is 2.12 bits per heavy atom. The summed E-state index contributed by atoms with van der Waals surface area (Å²) in [6.45, 7) is 0. The molecular weight excluding hydrogens is 235 g/mol. The van der Waals surface area contributed by atoms with E-state index in [2.05, 4.69) is 0 Å². The standard InChI is InChI=1S/C10H11FO4S/c1-16(14,15)6-9(10(12)13)7-3-2-4-8(11)5-7/h2-5,9H,6H2,1H3,(H,12,13). The highest BCUT2D eigenvalue weighted by Gasteiger charge is 2.24. The van der Waals surface area contributed by atoms with Crippen LogP contribution in [0.5, 0.6) is 0 Å². The van der Waals surface area contributed by atoms with Crippen molar-refractivity contribution >= 4 is 15.8 Å². The van der Waals surface area contributed by atoms with Crippen LogP contribution in [0.4, 0.5) is 4.39 Å². The lowest BCUT2D eigenvalue weighted by molar-refractivity contribution is -0.138. The molecular formula is C10H11FO4S. The number of carbonyl (C=O) groups is 1. The van der Waals surface area contributed by atoms with Crippen molar-refractivity contribution in [3.63, 3.8) is 0 Å². The molecule has 0 aliphatic heterocycles. The normalized spacial score (nSPS) is 13.4. The van der Waals surface area contributed by atoms with Gasteiger partial charge in [-0.3, -0.25) is 4.79 Å². The van der Waals surface area contributed by atoms with Crippen molar-refractivity contribution in [3.8, 4) is 0 Å². The number of hydrogen-bond acceptors (Lipinski definition) is 3. The van der Waals surface area contributed by atoms with Gasteiger partial charge in [-0.05, 0) is 17.7 Å². The van der Waals surface area contributed by atoms with Gasteiger partial charge in [0.15, 0.2) is 0 Å². The van der Waals surface area contributed by atoms with Crippen LogP contribution in [0.25, 0.3) is 0 Å². The van der Waals surface area contributed by atoms with Gasteiger partial charge in [-0.25, -0.2) is 12.8 Å². The molecule has 0 amide bonds. The Hall–Kier alpha value is -1.43. The van der Waals surface area contributed by atoms with Gasteiger partial charge in [0.25, 0.3) is 0 Å². The van der Waals surface area contributed by atoms with Gasteiger partial charge >= 0.3 is 5.97 Å². The van der Waals surface area contributed by atoms with E-state index in [4.69, 9.17) is 5.11 Å². The third kappa shape index (κ3) is 3.62. The van der Waals surface area contributed by atoms with Gasteiger partial charge < -0.3 is 5.11 Å². The Bertz CT molecular complexity index is 495. The number of hydrogen-bond donors (Lipinski definition) is 1. The Morgan fingerprint density at radius 3 is 2.56 bits per heavy atom. The number of rotatable bonds is 4. The van der Waals surface area contributed by atoms with Crippen LogP contribution in [0.3, 0.4) is 0 Å². The average molecular weight is 246 g/mol. The molecule has 1 rings (SSSR count). The summed E-state index contributed by atoms with van der Waals surface area (Å²) in [5.41, 5.74) is 0.151. The SMILES string of the molecule is CS(=O)(=O)CC(C(=O)O)c1cccc(F)c1. The number of aliphatic carboxylic acids is 1. The van der Waals surface area contributed by atoms with Gasteiger partial charge in [0.2, 0.25) is 0 Å². The van der Waals surface area contributed by atoms with Crippen LogP contribution in [0, 0.1) is 5.82 Å². The van der Waals surface area contributed by atoms with Gasteiger partial charge in [0, 0.05) is 6.26 Å². The second-order valence-electron chi connectivity index (χ2n) is 3.54. The molecule has 0 fully saturated rings. The van der Waals surface area contributed by atoms with E-state index in [1.807, 2.05) is 0 Å². The summed E-state index contributed by atoms with van der Waals surface area (Å²) in [7, 11) is -3.43. The van der Waals surface area contributed by atoms with Crippen LogP contribution in [0.1, 0.15) is 11.5 Å². The largest absolute Gasteiger partial charge is 0.481 e. The van der Waals surface area contributed by atoms with Gasteiger partial charge in [0.1, 0.15) is 15.7 Å². The predicted octanol–water partition coefficient (Wildman–Crippen LogP) is 1.04. The van der Waals surface area contributed by atoms with E-state index in [1.165, 1.54) is 18.2 Å². The molecule has 1 atom stereocenters. The maximum atomic E-state index is 12.9. The van der Waals surface area contributed by atoms with Crippen molar-refractivity contribution in [1.29, 1.82) is 0 Å².